The van der Waals surface area contributed by atoms with Gasteiger partial charge in [0.15, 0.2) is 0 Å². The predicted octanol–water partition coefficient (Wildman–Crippen LogP) is 8.72. The molecule has 0 aromatic rings. The zero-order chi connectivity index (χ0) is 22.6. The molecule has 0 heterocycles. The minimum atomic E-state index is -0.106. The molecular weight excluding hydrogens is 603 g/mol. The van der Waals surface area contributed by atoms with Crippen molar-refractivity contribution < 1.29 is 42.1 Å². The van der Waals surface area contributed by atoms with Crippen molar-refractivity contribution in [1.82, 2.24) is 0 Å². The van der Waals surface area contributed by atoms with Crippen molar-refractivity contribution in [3.8, 4) is 0 Å². The van der Waals surface area contributed by atoms with Crippen LogP contribution in [0.2, 0.25) is 0 Å². The van der Waals surface area contributed by atoms with Crippen LogP contribution in [0.5, 0.6) is 0 Å². The van der Waals surface area contributed by atoms with Crippen LogP contribution in [0.1, 0.15) is 83.1 Å². The molecule has 0 rings (SSSR count). The summed E-state index contributed by atoms with van der Waals surface area (Å²) in [6.07, 6.45) is 1.14. The van der Waals surface area contributed by atoms with E-state index in [2.05, 4.69) is 0 Å². The Balaban J connectivity index is -0.000000143. The molecule has 0 saturated heterocycles. The first kappa shape index (κ1) is 35.8. The summed E-state index contributed by atoms with van der Waals surface area (Å²) in [5.41, 5.74) is -0.340. The van der Waals surface area contributed by atoms with Gasteiger partial charge in [0.25, 0.3) is 0 Å². The van der Waals surface area contributed by atoms with Crippen molar-refractivity contribution in [1.29, 1.82) is 0 Å². The number of hydrogen-bond acceptors (Lipinski definition) is 2. The van der Waals surface area contributed by atoms with Crippen molar-refractivity contribution in [3.63, 3.8) is 0 Å². The number of halogens is 4. The van der Waals surface area contributed by atoms with E-state index in [1.54, 1.807) is 0 Å². The first-order valence-electron chi connectivity index (χ1n) is 7.93. The summed E-state index contributed by atoms with van der Waals surface area (Å²) < 4.78 is 0. The molecule has 26 heavy (non-hydrogen) atoms. The molecular formula is C18H38Cl4O2Pd2-2. The maximum absolute atomic E-state index is 9.64. The normalized spacial score (nSPS) is 12.8. The van der Waals surface area contributed by atoms with Crippen molar-refractivity contribution in [3.05, 3.63) is 12.2 Å². The molecule has 2 N–H and O–H groups in total. The molecule has 0 aliphatic heterocycles. The van der Waals surface area contributed by atoms with E-state index >= 15 is 0 Å². The molecule has 0 unspecified atom stereocenters. The van der Waals surface area contributed by atoms with Crippen LogP contribution < -0.4 is 0 Å². The van der Waals surface area contributed by atoms with Gasteiger partial charge in [0, 0.05) is 0 Å². The summed E-state index contributed by atoms with van der Waals surface area (Å²) in [5.74, 6) is 0. The van der Waals surface area contributed by atoms with Crippen LogP contribution in [0.3, 0.4) is 0 Å². The summed E-state index contributed by atoms with van der Waals surface area (Å²) >= 11 is -0.211. The Hall–Kier alpha value is 2.40. The van der Waals surface area contributed by atoms with Crippen molar-refractivity contribution >= 4 is 38.1 Å². The van der Waals surface area contributed by atoms with Gasteiger partial charge in [-0.05, 0) is 0 Å². The molecule has 0 bridgehead atoms. The van der Waals surface area contributed by atoms with E-state index in [0.29, 0.717) is 12.2 Å². The maximum atomic E-state index is 9.64. The Labute approximate surface area is 195 Å². The zero-order valence-corrected chi connectivity index (χ0v) is 24.2. The van der Waals surface area contributed by atoms with Crippen LogP contribution in [0.25, 0.3) is 0 Å². The topological polar surface area (TPSA) is 40.5 Å². The second-order valence-electron chi connectivity index (χ2n) is 9.79. The minimum absolute atomic E-state index is 0.0851. The summed E-state index contributed by atoms with van der Waals surface area (Å²) in [4.78, 5) is 0. The number of hydrogen-bond donors (Lipinski definition) is 2. The predicted molar refractivity (Wildman–Crippen MR) is 112 cm³/mol. The Morgan fingerprint density at radius 1 is 0.462 bits per heavy atom. The number of aliphatic hydroxyl groups is 2. The van der Waals surface area contributed by atoms with E-state index in [9.17, 15) is 10.2 Å². The molecule has 172 valence electrons. The molecule has 0 aliphatic carbocycles. The Morgan fingerprint density at radius 3 is 0.538 bits per heavy atom. The fraction of sp³-hybridized carbons (Fsp3) is 0.889. The third-order valence-electron chi connectivity index (χ3n) is 2.84. The first-order chi connectivity index (χ1) is 11.1. The van der Waals surface area contributed by atoms with Gasteiger partial charge >= 0.3 is 70.0 Å². The fourth-order valence-corrected chi connectivity index (χ4v) is 2.25. The van der Waals surface area contributed by atoms with Gasteiger partial charge in [-0.3, -0.25) is 0 Å². The Bertz CT molecular complexity index is 257. The van der Waals surface area contributed by atoms with Gasteiger partial charge < -0.3 is 10.2 Å². The summed E-state index contributed by atoms with van der Waals surface area (Å²) in [6.45, 7) is 24.3. The SMILES string of the molecule is CC(C)(C)[C-](O)C(C)(C)C.CC(C)(C)[C-](O)C(C)(C)C.[Cl][Pd][Cl].[Cl][Pd][Cl]. The van der Waals surface area contributed by atoms with Crippen LogP contribution in [0.15, 0.2) is 0 Å². The van der Waals surface area contributed by atoms with Crippen molar-refractivity contribution in [2.24, 2.45) is 21.7 Å². The molecule has 0 spiro atoms. The average molecular weight is 641 g/mol. The Kier molecular flexibility index (Phi) is 22.2. The van der Waals surface area contributed by atoms with Crippen molar-refractivity contribution in [2.45, 2.75) is 83.1 Å². The molecule has 2 nitrogen and oxygen atoms in total. The molecule has 0 radical (unpaired) electrons. The third-order valence-corrected chi connectivity index (χ3v) is 2.84. The van der Waals surface area contributed by atoms with Gasteiger partial charge in [0.2, 0.25) is 0 Å². The second-order valence-corrected chi connectivity index (χ2v) is 14.5. The van der Waals surface area contributed by atoms with E-state index in [1.807, 2.05) is 83.1 Å². The second kappa shape index (κ2) is 16.1. The van der Waals surface area contributed by atoms with Crippen LogP contribution in [-0.2, 0) is 31.9 Å². The van der Waals surface area contributed by atoms with E-state index in [-0.39, 0.29) is 53.5 Å². The average Bonchev–Trinajstić information content (AvgIpc) is 2.35. The number of aliphatic hydroxyl groups excluding tert-OH is 2. The zero-order valence-electron chi connectivity index (χ0n) is 18.0. The van der Waals surface area contributed by atoms with Gasteiger partial charge in [0.05, 0.1) is 0 Å². The molecule has 0 saturated carbocycles. The van der Waals surface area contributed by atoms with E-state index in [1.165, 1.54) is 0 Å². The first-order valence-corrected chi connectivity index (χ1v) is 15.9. The molecule has 8 heteroatoms. The summed E-state index contributed by atoms with van der Waals surface area (Å²) in [7, 11) is 19.3. The van der Waals surface area contributed by atoms with Gasteiger partial charge in [-0.1, -0.05) is 83.1 Å². The monoisotopic (exact) mass is 638 g/mol. The van der Waals surface area contributed by atoms with Gasteiger partial charge in [-0.25, -0.2) is 0 Å². The third kappa shape index (κ3) is 24.4. The summed E-state index contributed by atoms with van der Waals surface area (Å²) in [5, 5.41) is 19.3. The van der Waals surface area contributed by atoms with E-state index < -0.39 is 0 Å². The van der Waals surface area contributed by atoms with Crippen LogP contribution in [0.4, 0.5) is 0 Å². The molecule has 0 atom stereocenters. The number of rotatable bonds is 0. The standard InChI is InChI=1S/2C9H19O.4ClH.2Pd/c2*1-8(2,3)7(10)9(4,5)6;;;;;;/h2*10H,1-6H3;4*1H;;/q2*-1;;;;;2*+2/p-4. The summed E-state index contributed by atoms with van der Waals surface area (Å²) in [6, 6.07) is 0. The van der Waals surface area contributed by atoms with Crippen molar-refractivity contribution in [2.75, 3.05) is 0 Å². The molecule has 0 aliphatic rings. The fourth-order valence-electron chi connectivity index (χ4n) is 2.25. The van der Waals surface area contributed by atoms with Crippen LogP contribution in [0, 0.1) is 33.9 Å². The van der Waals surface area contributed by atoms with Crippen LogP contribution in [-0.4, -0.2) is 10.2 Å². The molecule has 0 fully saturated rings. The molecule has 0 amide bonds. The van der Waals surface area contributed by atoms with Gasteiger partial charge in [-0.15, -0.1) is 21.7 Å². The Morgan fingerprint density at radius 2 is 0.538 bits per heavy atom. The van der Waals surface area contributed by atoms with Gasteiger partial charge in [-0.2, -0.15) is 12.2 Å². The van der Waals surface area contributed by atoms with E-state index in [0.717, 1.165) is 0 Å². The van der Waals surface area contributed by atoms with Gasteiger partial charge in [0.1, 0.15) is 0 Å². The molecule has 0 aromatic heterocycles. The molecule has 0 aromatic carbocycles. The van der Waals surface area contributed by atoms with E-state index in [4.69, 9.17) is 38.1 Å². The van der Waals surface area contributed by atoms with Crippen LogP contribution >= 0.6 is 38.1 Å². The quantitative estimate of drug-likeness (QED) is 0.205.